The Morgan fingerprint density at radius 1 is 1.43 bits per heavy atom. The van der Waals surface area contributed by atoms with E-state index in [0.29, 0.717) is 32.0 Å². The maximum absolute atomic E-state index is 12.3. The van der Waals surface area contributed by atoms with Crippen molar-refractivity contribution in [2.75, 3.05) is 31.6 Å². The third kappa shape index (κ3) is 3.69. The van der Waals surface area contributed by atoms with Crippen molar-refractivity contribution < 1.29 is 14.5 Å². The molecule has 1 unspecified atom stereocenters. The molecule has 1 aliphatic rings. The van der Waals surface area contributed by atoms with Crippen LogP contribution in [0, 0.1) is 17.0 Å². The number of ether oxygens (including phenoxy) is 1. The topological polar surface area (TPSA) is 84.7 Å². The van der Waals surface area contributed by atoms with E-state index in [1.54, 1.807) is 30.9 Å². The highest BCUT2D eigenvalue weighted by atomic mass is 16.6. The Hall–Kier alpha value is -2.15. The summed E-state index contributed by atoms with van der Waals surface area (Å²) in [5.74, 6) is -0.0758. The lowest BCUT2D eigenvalue weighted by Crippen LogP contribution is -2.47. The number of nitrogens with one attached hydrogen (secondary N) is 1. The van der Waals surface area contributed by atoms with Crippen LogP contribution < -0.4 is 5.32 Å². The number of nitro groups is 1. The van der Waals surface area contributed by atoms with Crippen LogP contribution >= 0.6 is 0 Å². The summed E-state index contributed by atoms with van der Waals surface area (Å²) in [5.41, 5.74) is 1.15. The standard InChI is InChI=1S/C14H19N3O4/c1-10-3-4-12(13(9-10)17(19)20)15-11(2)14(18)16-5-7-21-8-6-16/h3-4,9,11,15H,5-8H2,1-2H3. The van der Waals surface area contributed by atoms with Crippen molar-refractivity contribution in [3.8, 4) is 0 Å². The molecule has 1 heterocycles. The summed E-state index contributed by atoms with van der Waals surface area (Å²) in [4.78, 5) is 24.6. The monoisotopic (exact) mass is 293 g/mol. The summed E-state index contributed by atoms with van der Waals surface area (Å²) in [6, 6.07) is 4.39. The minimum Gasteiger partial charge on any atom is -0.378 e. The van der Waals surface area contributed by atoms with Gasteiger partial charge in [0.25, 0.3) is 5.69 Å². The van der Waals surface area contributed by atoms with Gasteiger partial charge in [-0.15, -0.1) is 0 Å². The number of hydrogen-bond acceptors (Lipinski definition) is 5. The van der Waals surface area contributed by atoms with Gasteiger partial charge in [0.1, 0.15) is 11.7 Å². The van der Waals surface area contributed by atoms with Crippen molar-refractivity contribution in [3.63, 3.8) is 0 Å². The normalized spacial score (nSPS) is 16.4. The summed E-state index contributed by atoms with van der Waals surface area (Å²) in [7, 11) is 0. The Morgan fingerprint density at radius 2 is 2.10 bits per heavy atom. The van der Waals surface area contributed by atoms with E-state index in [1.807, 2.05) is 0 Å². The van der Waals surface area contributed by atoms with Gasteiger partial charge in [0, 0.05) is 19.2 Å². The molecular weight excluding hydrogens is 274 g/mol. The fraction of sp³-hybridized carbons (Fsp3) is 0.500. The summed E-state index contributed by atoms with van der Waals surface area (Å²) in [5, 5.41) is 14.0. The predicted octanol–water partition coefficient (Wildman–Crippen LogP) is 1.56. The fourth-order valence-electron chi connectivity index (χ4n) is 2.27. The zero-order chi connectivity index (χ0) is 15.4. The number of carbonyl (C=O) groups is 1. The minimum absolute atomic E-state index is 0.0170. The maximum atomic E-state index is 12.3. The first-order chi connectivity index (χ1) is 9.99. The minimum atomic E-state index is -0.524. The molecule has 1 N–H and O–H groups in total. The molecular formula is C14H19N3O4. The maximum Gasteiger partial charge on any atom is 0.292 e. The first-order valence-corrected chi connectivity index (χ1v) is 6.87. The Labute approximate surface area is 123 Å². The number of hydrogen-bond donors (Lipinski definition) is 1. The van der Waals surface area contributed by atoms with Gasteiger partial charge in [-0.1, -0.05) is 6.07 Å². The van der Waals surface area contributed by atoms with E-state index in [4.69, 9.17) is 4.74 Å². The summed E-state index contributed by atoms with van der Waals surface area (Å²) in [6.45, 7) is 5.68. The molecule has 1 saturated heterocycles. The Balaban J connectivity index is 2.10. The largest absolute Gasteiger partial charge is 0.378 e. The second-order valence-corrected chi connectivity index (χ2v) is 5.08. The van der Waals surface area contributed by atoms with Gasteiger partial charge in [0.05, 0.1) is 18.1 Å². The number of morpholine rings is 1. The lowest BCUT2D eigenvalue weighted by atomic mass is 10.1. The number of benzene rings is 1. The lowest BCUT2D eigenvalue weighted by Gasteiger charge is -2.29. The second-order valence-electron chi connectivity index (χ2n) is 5.08. The SMILES string of the molecule is Cc1ccc(NC(C)C(=O)N2CCOCC2)c([N+](=O)[O-])c1. The number of amides is 1. The number of aryl methyl sites for hydroxylation is 1. The van der Waals surface area contributed by atoms with Crippen LogP contribution in [0.5, 0.6) is 0 Å². The molecule has 114 valence electrons. The quantitative estimate of drug-likeness (QED) is 0.672. The van der Waals surface area contributed by atoms with Crippen molar-refractivity contribution in [1.29, 1.82) is 0 Å². The van der Waals surface area contributed by atoms with Gasteiger partial charge in [-0.2, -0.15) is 0 Å². The molecule has 1 atom stereocenters. The third-order valence-electron chi connectivity index (χ3n) is 3.42. The van der Waals surface area contributed by atoms with Gasteiger partial charge in [-0.25, -0.2) is 0 Å². The van der Waals surface area contributed by atoms with Gasteiger partial charge in [-0.3, -0.25) is 14.9 Å². The van der Waals surface area contributed by atoms with Gasteiger partial charge in [0.15, 0.2) is 0 Å². The van der Waals surface area contributed by atoms with Crippen molar-refractivity contribution in [3.05, 3.63) is 33.9 Å². The molecule has 0 bridgehead atoms. The molecule has 1 fully saturated rings. The van der Waals surface area contributed by atoms with Crippen LogP contribution in [0.3, 0.4) is 0 Å². The van der Waals surface area contributed by atoms with Gasteiger partial charge in [0.2, 0.25) is 5.91 Å². The molecule has 0 saturated carbocycles. The Kier molecular flexibility index (Phi) is 4.74. The van der Waals surface area contributed by atoms with Crippen LogP contribution in [-0.4, -0.2) is 48.1 Å². The van der Waals surface area contributed by atoms with Crippen molar-refractivity contribution in [1.82, 2.24) is 4.90 Å². The number of nitrogens with zero attached hydrogens (tertiary/aromatic N) is 2. The van der Waals surface area contributed by atoms with Crippen LogP contribution in [0.15, 0.2) is 18.2 Å². The number of nitro benzene ring substituents is 1. The van der Waals surface area contributed by atoms with E-state index >= 15 is 0 Å². The van der Waals surface area contributed by atoms with Crippen LogP contribution in [-0.2, 0) is 9.53 Å². The molecule has 1 aromatic rings. The van der Waals surface area contributed by atoms with E-state index < -0.39 is 11.0 Å². The van der Waals surface area contributed by atoms with E-state index in [9.17, 15) is 14.9 Å². The van der Waals surface area contributed by atoms with E-state index in [-0.39, 0.29) is 11.6 Å². The summed E-state index contributed by atoms with van der Waals surface area (Å²) in [6.07, 6.45) is 0. The molecule has 7 heteroatoms. The molecule has 2 rings (SSSR count). The van der Waals surface area contributed by atoms with Crippen LogP contribution in [0.2, 0.25) is 0 Å². The highest BCUT2D eigenvalue weighted by molar-refractivity contribution is 5.85. The Bertz CT molecular complexity index is 541. The van der Waals surface area contributed by atoms with Crippen LogP contribution in [0.4, 0.5) is 11.4 Å². The average Bonchev–Trinajstić information content (AvgIpc) is 2.49. The fourth-order valence-corrected chi connectivity index (χ4v) is 2.27. The number of rotatable bonds is 4. The van der Waals surface area contributed by atoms with E-state index in [2.05, 4.69) is 5.32 Å². The molecule has 7 nitrogen and oxygen atoms in total. The molecule has 0 aliphatic carbocycles. The molecule has 1 amide bonds. The molecule has 21 heavy (non-hydrogen) atoms. The zero-order valence-electron chi connectivity index (χ0n) is 12.2. The van der Waals surface area contributed by atoms with Crippen molar-refractivity contribution >= 4 is 17.3 Å². The smallest absolute Gasteiger partial charge is 0.292 e. The summed E-state index contributed by atoms with van der Waals surface area (Å²) >= 11 is 0. The van der Waals surface area contributed by atoms with E-state index in [1.165, 1.54) is 6.07 Å². The highest BCUT2D eigenvalue weighted by Crippen LogP contribution is 2.26. The van der Waals surface area contributed by atoms with Gasteiger partial charge < -0.3 is 15.0 Å². The highest BCUT2D eigenvalue weighted by Gasteiger charge is 2.24. The van der Waals surface area contributed by atoms with Crippen LogP contribution in [0.1, 0.15) is 12.5 Å². The molecule has 0 aromatic heterocycles. The Morgan fingerprint density at radius 3 is 2.71 bits per heavy atom. The second kappa shape index (κ2) is 6.53. The van der Waals surface area contributed by atoms with Crippen molar-refractivity contribution in [2.45, 2.75) is 19.9 Å². The first kappa shape index (κ1) is 15.2. The third-order valence-corrected chi connectivity index (χ3v) is 3.42. The zero-order valence-corrected chi connectivity index (χ0v) is 12.2. The number of carbonyl (C=O) groups excluding carboxylic acids is 1. The van der Waals surface area contributed by atoms with Gasteiger partial charge >= 0.3 is 0 Å². The van der Waals surface area contributed by atoms with Crippen molar-refractivity contribution in [2.24, 2.45) is 0 Å². The predicted molar refractivity (Wildman–Crippen MR) is 78.3 cm³/mol. The molecule has 1 aliphatic heterocycles. The summed E-state index contributed by atoms with van der Waals surface area (Å²) < 4.78 is 5.21. The lowest BCUT2D eigenvalue weighted by molar-refractivity contribution is -0.384. The number of anilines is 1. The average molecular weight is 293 g/mol. The van der Waals surface area contributed by atoms with E-state index in [0.717, 1.165) is 5.56 Å². The molecule has 0 radical (unpaired) electrons. The first-order valence-electron chi connectivity index (χ1n) is 6.87. The molecule has 0 spiro atoms. The van der Waals surface area contributed by atoms with Gasteiger partial charge in [-0.05, 0) is 25.5 Å². The van der Waals surface area contributed by atoms with Crippen LogP contribution in [0.25, 0.3) is 0 Å². The molecule has 1 aromatic carbocycles.